The van der Waals surface area contributed by atoms with Gasteiger partial charge in [-0.1, -0.05) is 25.1 Å². The van der Waals surface area contributed by atoms with Gasteiger partial charge >= 0.3 is 6.18 Å². The second-order valence-corrected chi connectivity index (χ2v) is 8.49. The molecule has 3 rings (SSSR count). The van der Waals surface area contributed by atoms with E-state index in [2.05, 4.69) is 0 Å². The summed E-state index contributed by atoms with van der Waals surface area (Å²) in [5, 5.41) is 0. The normalized spacial score (nSPS) is 19.8. The molecule has 0 spiro atoms. The van der Waals surface area contributed by atoms with Crippen LogP contribution in [0.4, 0.5) is 18.9 Å². The number of likely N-dealkylation sites (N-methyl/N-ethyl adjacent to an activating group) is 1. The zero-order valence-corrected chi connectivity index (χ0v) is 19.8. The van der Waals surface area contributed by atoms with Crippen LogP contribution in [0.15, 0.2) is 42.5 Å². The van der Waals surface area contributed by atoms with E-state index < -0.39 is 17.7 Å². The van der Waals surface area contributed by atoms with E-state index in [0.29, 0.717) is 18.0 Å². The summed E-state index contributed by atoms with van der Waals surface area (Å²) in [5.41, 5.74) is 0.690. The van der Waals surface area contributed by atoms with Crippen LogP contribution < -0.4 is 9.64 Å². The Morgan fingerprint density at radius 3 is 2.31 bits per heavy atom. The topological polar surface area (TPSA) is 32.8 Å². The fraction of sp³-hybridized carbons (Fsp3) is 0.458. The molecule has 0 saturated carbocycles. The highest BCUT2D eigenvalue weighted by Crippen LogP contribution is 2.44. The predicted octanol–water partition coefficient (Wildman–Crippen LogP) is 5.39. The standard InChI is InChI=1S/C24H29F3N2O2.ClH/c1-15(14-28(3)4)29-22-8-6-7-21(24(25,26)27)20(22)13-19(16(2)23(29)30)17-9-11-18(31-5)12-10-17;/h6-12,15-16,19H,13-14H2,1-5H3;1H/t15?,16-,19-;/m0./s1. The summed E-state index contributed by atoms with van der Waals surface area (Å²) < 4.78 is 47.0. The number of nitrogens with zero attached hydrogens (tertiary/aromatic N) is 2. The molecule has 1 amide bonds. The Bertz CT molecular complexity index is 932. The number of hydrogen-bond donors (Lipinski definition) is 0. The average molecular weight is 471 g/mol. The number of halogens is 4. The molecule has 2 aromatic rings. The molecule has 0 bridgehead atoms. The Labute approximate surface area is 193 Å². The number of fused-ring (bicyclic) bond motifs is 1. The fourth-order valence-corrected chi connectivity index (χ4v) is 4.51. The van der Waals surface area contributed by atoms with Gasteiger partial charge in [-0.3, -0.25) is 4.79 Å². The van der Waals surface area contributed by atoms with Crippen LogP contribution in [-0.2, 0) is 17.4 Å². The van der Waals surface area contributed by atoms with Crippen molar-refractivity contribution in [2.75, 3.05) is 32.6 Å². The van der Waals surface area contributed by atoms with Crippen molar-refractivity contribution in [1.82, 2.24) is 4.90 Å². The number of hydrogen-bond acceptors (Lipinski definition) is 3. The summed E-state index contributed by atoms with van der Waals surface area (Å²) in [4.78, 5) is 17.1. The first kappa shape index (κ1) is 26.0. The maximum atomic E-state index is 13.9. The summed E-state index contributed by atoms with van der Waals surface area (Å²) in [6.07, 6.45) is -4.36. The molecule has 8 heteroatoms. The van der Waals surface area contributed by atoms with Gasteiger partial charge < -0.3 is 14.5 Å². The highest BCUT2D eigenvalue weighted by Gasteiger charge is 2.42. The molecule has 0 fully saturated rings. The monoisotopic (exact) mass is 470 g/mol. The van der Waals surface area contributed by atoms with E-state index in [1.165, 1.54) is 6.07 Å². The van der Waals surface area contributed by atoms with Gasteiger partial charge in [-0.25, -0.2) is 0 Å². The lowest BCUT2D eigenvalue weighted by Gasteiger charge is -2.33. The minimum absolute atomic E-state index is 0. The second-order valence-electron chi connectivity index (χ2n) is 8.49. The summed E-state index contributed by atoms with van der Waals surface area (Å²) in [7, 11) is 5.33. The second kappa shape index (κ2) is 10.1. The van der Waals surface area contributed by atoms with Crippen molar-refractivity contribution >= 4 is 24.0 Å². The van der Waals surface area contributed by atoms with Crippen LogP contribution in [0.3, 0.4) is 0 Å². The molecule has 0 saturated heterocycles. The Hall–Kier alpha value is -2.25. The van der Waals surface area contributed by atoms with Gasteiger partial charge in [0.05, 0.1) is 12.7 Å². The van der Waals surface area contributed by atoms with Crippen LogP contribution in [0, 0.1) is 5.92 Å². The maximum Gasteiger partial charge on any atom is 0.416 e. The average Bonchev–Trinajstić information content (AvgIpc) is 2.81. The van der Waals surface area contributed by atoms with Gasteiger partial charge in [0.25, 0.3) is 0 Å². The van der Waals surface area contributed by atoms with E-state index in [1.807, 2.05) is 45.0 Å². The van der Waals surface area contributed by atoms with Gasteiger partial charge in [0.15, 0.2) is 0 Å². The molecule has 0 radical (unpaired) electrons. The number of benzene rings is 2. The number of alkyl halides is 3. The highest BCUT2D eigenvalue weighted by molar-refractivity contribution is 5.98. The van der Waals surface area contributed by atoms with Crippen LogP contribution in [0.5, 0.6) is 5.75 Å². The molecule has 4 nitrogen and oxygen atoms in total. The number of rotatable bonds is 5. The number of carbonyl (C=O) groups is 1. The summed E-state index contributed by atoms with van der Waals surface area (Å²) in [5.74, 6) is -0.356. The molecule has 1 heterocycles. The van der Waals surface area contributed by atoms with E-state index >= 15 is 0 Å². The van der Waals surface area contributed by atoms with Crippen LogP contribution >= 0.6 is 12.4 Å². The number of ether oxygens (including phenoxy) is 1. The van der Waals surface area contributed by atoms with E-state index in [-0.39, 0.29) is 42.3 Å². The first-order valence-electron chi connectivity index (χ1n) is 10.4. The van der Waals surface area contributed by atoms with Crippen molar-refractivity contribution in [3.05, 3.63) is 59.2 Å². The number of anilines is 1. The SMILES string of the molecule is COc1ccc([C@H]2Cc3c(cccc3C(F)(F)F)N(C(C)CN(C)C)C(=O)[C@H]2C)cc1.Cl. The molecular formula is C24H30ClF3N2O2. The van der Waals surface area contributed by atoms with Crippen LogP contribution in [0.25, 0.3) is 0 Å². The zero-order valence-electron chi connectivity index (χ0n) is 18.9. The molecule has 2 aromatic carbocycles. The summed E-state index contributed by atoms with van der Waals surface area (Å²) >= 11 is 0. The fourth-order valence-electron chi connectivity index (χ4n) is 4.51. The first-order chi connectivity index (χ1) is 14.5. The molecule has 3 atom stereocenters. The van der Waals surface area contributed by atoms with Crippen molar-refractivity contribution < 1.29 is 22.7 Å². The number of carbonyl (C=O) groups excluding carboxylic acids is 1. The minimum Gasteiger partial charge on any atom is -0.497 e. The Morgan fingerprint density at radius 1 is 1.16 bits per heavy atom. The predicted molar refractivity (Wildman–Crippen MR) is 123 cm³/mol. The van der Waals surface area contributed by atoms with E-state index in [1.54, 1.807) is 30.2 Å². The van der Waals surface area contributed by atoms with Crippen molar-refractivity contribution in [1.29, 1.82) is 0 Å². The Morgan fingerprint density at radius 2 is 1.78 bits per heavy atom. The number of methoxy groups -OCH3 is 1. The number of amides is 1. The van der Waals surface area contributed by atoms with Gasteiger partial charge in [0.2, 0.25) is 5.91 Å². The van der Waals surface area contributed by atoms with Crippen molar-refractivity contribution in [2.24, 2.45) is 5.92 Å². The molecule has 1 aliphatic heterocycles. The molecule has 0 aliphatic carbocycles. The van der Waals surface area contributed by atoms with Crippen molar-refractivity contribution in [2.45, 2.75) is 38.4 Å². The van der Waals surface area contributed by atoms with E-state index in [9.17, 15) is 18.0 Å². The van der Waals surface area contributed by atoms with E-state index in [0.717, 1.165) is 11.6 Å². The lowest BCUT2D eigenvalue weighted by molar-refractivity contribution is -0.138. The molecular weight excluding hydrogens is 441 g/mol. The van der Waals surface area contributed by atoms with Gasteiger partial charge in [0, 0.05) is 24.2 Å². The molecule has 1 aliphatic rings. The largest absolute Gasteiger partial charge is 0.497 e. The molecule has 1 unspecified atom stereocenters. The first-order valence-corrected chi connectivity index (χ1v) is 10.4. The lowest BCUT2D eigenvalue weighted by Crippen LogP contribution is -2.46. The molecule has 176 valence electrons. The van der Waals surface area contributed by atoms with Gasteiger partial charge in [-0.15, -0.1) is 12.4 Å². The molecule has 0 N–H and O–H groups in total. The third-order valence-corrected chi connectivity index (χ3v) is 5.98. The summed E-state index contributed by atoms with van der Waals surface area (Å²) in [6.45, 7) is 4.23. The van der Waals surface area contributed by atoms with Gasteiger partial charge in [-0.05, 0) is 68.8 Å². The Kier molecular flexibility index (Phi) is 8.23. The third kappa shape index (κ3) is 5.21. The maximum absolute atomic E-state index is 13.9. The van der Waals surface area contributed by atoms with E-state index in [4.69, 9.17) is 4.74 Å². The third-order valence-electron chi connectivity index (χ3n) is 5.98. The van der Waals surface area contributed by atoms with Crippen LogP contribution in [0.2, 0.25) is 0 Å². The quantitative estimate of drug-likeness (QED) is 0.587. The van der Waals surface area contributed by atoms with Crippen molar-refractivity contribution in [3.63, 3.8) is 0 Å². The zero-order chi connectivity index (χ0) is 22.9. The van der Waals surface area contributed by atoms with Crippen LogP contribution in [-0.4, -0.2) is 44.6 Å². The van der Waals surface area contributed by atoms with Gasteiger partial charge in [-0.2, -0.15) is 13.2 Å². The smallest absolute Gasteiger partial charge is 0.416 e. The summed E-state index contributed by atoms with van der Waals surface area (Å²) in [6, 6.07) is 11.1. The lowest BCUT2D eigenvalue weighted by atomic mass is 9.82. The molecule has 0 aromatic heterocycles. The van der Waals surface area contributed by atoms with Crippen molar-refractivity contribution in [3.8, 4) is 5.75 Å². The highest BCUT2D eigenvalue weighted by atomic mass is 35.5. The minimum atomic E-state index is -4.50. The Balaban J connectivity index is 0.00000363. The van der Waals surface area contributed by atoms with Crippen LogP contribution in [0.1, 0.15) is 36.5 Å². The van der Waals surface area contributed by atoms with Gasteiger partial charge in [0.1, 0.15) is 5.75 Å². The molecule has 32 heavy (non-hydrogen) atoms.